The number of amides is 1. The van der Waals surface area contributed by atoms with E-state index in [0.29, 0.717) is 11.4 Å². The number of thiazole rings is 1. The summed E-state index contributed by atoms with van der Waals surface area (Å²) in [6.07, 6.45) is 2.18. The number of halogens is 1. The lowest BCUT2D eigenvalue weighted by molar-refractivity contribution is 0.0787. The summed E-state index contributed by atoms with van der Waals surface area (Å²) in [5.41, 5.74) is 1.26. The number of piperazine rings is 1. The third kappa shape index (κ3) is 3.73. The maximum absolute atomic E-state index is 13.9. The molecule has 0 bridgehead atoms. The van der Waals surface area contributed by atoms with Gasteiger partial charge in [0.25, 0.3) is 5.91 Å². The van der Waals surface area contributed by atoms with E-state index in [-0.39, 0.29) is 11.7 Å². The van der Waals surface area contributed by atoms with Gasteiger partial charge >= 0.3 is 0 Å². The van der Waals surface area contributed by atoms with Crippen LogP contribution in [0.4, 0.5) is 10.1 Å². The Morgan fingerprint density at radius 2 is 1.81 bits per heavy atom. The van der Waals surface area contributed by atoms with E-state index < -0.39 is 0 Å². The van der Waals surface area contributed by atoms with Crippen molar-refractivity contribution in [2.24, 2.45) is 0 Å². The standard InChI is InChI=1S/C19H23FN4OS/c20-15-5-1-2-6-17(15)23-11-9-22(10-12-23)13-18-21-16(14-26-18)19(25)24-7-3-4-8-24/h1-2,5-6,14H,3-4,7-13H2. The first-order valence-electron chi connectivity index (χ1n) is 9.16. The van der Waals surface area contributed by atoms with Crippen molar-refractivity contribution in [3.05, 3.63) is 46.2 Å². The first kappa shape index (κ1) is 17.4. The molecule has 2 aliphatic rings. The highest BCUT2D eigenvalue weighted by molar-refractivity contribution is 7.09. The zero-order valence-corrected chi connectivity index (χ0v) is 15.6. The maximum Gasteiger partial charge on any atom is 0.273 e. The highest BCUT2D eigenvalue weighted by Crippen LogP contribution is 2.22. The van der Waals surface area contributed by atoms with Crippen LogP contribution in [0.3, 0.4) is 0 Å². The molecule has 1 aromatic carbocycles. The molecule has 138 valence electrons. The van der Waals surface area contributed by atoms with Crippen molar-refractivity contribution in [2.45, 2.75) is 19.4 Å². The minimum atomic E-state index is -0.161. The summed E-state index contributed by atoms with van der Waals surface area (Å²) in [4.78, 5) is 23.3. The van der Waals surface area contributed by atoms with Crippen LogP contribution in [-0.4, -0.2) is 60.0 Å². The van der Waals surface area contributed by atoms with Crippen molar-refractivity contribution < 1.29 is 9.18 Å². The van der Waals surface area contributed by atoms with Crippen LogP contribution in [-0.2, 0) is 6.54 Å². The lowest BCUT2D eigenvalue weighted by Gasteiger charge is -2.35. The predicted molar refractivity (Wildman–Crippen MR) is 101 cm³/mol. The van der Waals surface area contributed by atoms with Crippen LogP contribution in [0.25, 0.3) is 0 Å². The lowest BCUT2D eigenvalue weighted by Crippen LogP contribution is -2.46. The highest BCUT2D eigenvalue weighted by Gasteiger charge is 2.23. The molecule has 0 unspecified atom stereocenters. The Morgan fingerprint density at radius 3 is 2.54 bits per heavy atom. The molecule has 2 fully saturated rings. The van der Waals surface area contributed by atoms with Gasteiger partial charge in [0.05, 0.1) is 12.2 Å². The minimum absolute atomic E-state index is 0.0642. The van der Waals surface area contributed by atoms with Gasteiger partial charge in [-0.1, -0.05) is 12.1 Å². The average Bonchev–Trinajstić information content (AvgIpc) is 3.35. The van der Waals surface area contributed by atoms with Gasteiger partial charge in [0.2, 0.25) is 0 Å². The summed E-state index contributed by atoms with van der Waals surface area (Å²) in [5, 5.41) is 2.86. The maximum atomic E-state index is 13.9. The molecule has 1 aromatic heterocycles. The molecule has 26 heavy (non-hydrogen) atoms. The fraction of sp³-hybridized carbons (Fsp3) is 0.474. The normalized spacial score (nSPS) is 18.5. The van der Waals surface area contributed by atoms with Gasteiger partial charge in [0.1, 0.15) is 16.5 Å². The lowest BCUT2D eigenvalue weighted by atomic mass is 10.2. The Morgan fingerprint density at radius 1 is 1.08 bits per heavy atom. The van der Waals surface area contributed by atoms with Crippen molar-refractivity contribution in [1.29, 1.82) is 0 Å². The van der Waals surface area contributed by atoms with Gasteiger partial charge in [-0.15, -0.1) is 11.3 Å². The van der Waals surface area contributed by atoms with Crippen LogP contribution in [0.15, 0.2) is 29.6 Å². The summed E-state index contributed by atoms with van der Waals surface area (Å²) in [6, 6.07) is 6.94. The Bertz CT molecular complexity index is 766. The molecule has 7 heteroatoms. The highest BCUT2D eigenvalue weighted by atomic mass is 32.1. The summed E-state index contributed by atoms with van der Waals surface area (Å²) in [5.74, 6) is -0.0969. The van der Waals surface area contributed by atoms with Gasteiger partial charge in [-0.3, -0.25) is 9.69 Å². The van der Waals surface area contributed by atoms with Crippen LogP contribution in [0.1, 0.15) is 28.3 Å². The number of hydrogen-bond donors (Lipinski definition) is 0. The molecule has 0 atom stereocenters. The second-order valence-corrected chi connectivity index (χ2v) is 7.78. The molecule has 0 spiro atoms. The Labute approximate surface area is 157 Å². The van der Waals surface area contributed by atoms with Crippen molar-refractivity contribution in [1.82, 2.24) is 14.8 Å². The molecule has 0 aliphatic carbocycles. The molecule has 4 rings (SSSR count). The van der Waals surface area contributed by atoms with Crippen LogP contribution in [0, 0.1) is 5.82 Å². The Balaban J connectivity index is 1.32. The average molecular weight is 374 g/mol. The number of anilines is 1. The summed E-state index contributed by atoms with van der Waals surface area (Å²) in [6.45, 7) is 5.78. The molecule has 0 radical (unpaired) electrons. The number of hydrogen-bond acceptors (Lipinski definition) is 5. The number of likely N-dealkylation sites (tertiary alicyclic amines) is 1. The fourth-order valence-electron chi connectivity index (χ4n) is 3.61. The summed E-state index contributed by atoms with van der Waals surface area (Å²) < 4.78 is 13.9. The molecular formula is C19H23FN4OS. The number of aromatic nitrogens is 1. The number of benzene rings is 1. The van der Waals surface area contributed by atoms with E-state index >= 15 is 0 Å². The van der Waals surface area contributed by atoms with Gasteiger partial charge < -0.3 is 9.80 Å². The van der Waals surface area contributed by atoms with E-state index in [4.69, 9.17) is 0 Å². The fourth-order valence-corrected chi connectivity index (χ4v) is 4.42. The van der Waals surface area contributed by atoms with Gasteiger partial charge in [-0.2, -0.15) is 0 Å². The van der Waals surface area contributed by atoms with Crippen LogP contribution >= 0.6 is 11.3 Å². The molecule has 1 amide bonds. The molecule has 0 saturated carbocycles. The van der Waals surface area contributed by atoms with Crippen LogP contribution < -0.4 is 4.90 Å². The Hall–Kier alpha value is -1.99. The van der Waals surface area contributed by atoms with Crippen LogP contribution in [0.5, 0.6) is 0 Å². The topological polar surface area (TPSA) is 39.7 Å². The number of carbonyl (C=O) groups is 1. The third-order valence-corrected chi connectivity index (χ3v) is 5.92. The van der Waals surface area contributed by atoms with E-state index in [1.54, 1.807) is 17.4 Å². The Kier molecular flexibility index (Phi) is 5.17. The van der Waals surface area contributed by atoms with E-state index in [1.807, 2.05) is 22.4 Å². The van der Waals surface area contributed by atoms with Crippen LogP contribution in [0.2, 0.25) is 0 Å². The molecule has 2 saturated heterocycles. The zero-order valence-electron chi connectivity index (χ0n) is 14.7. The third-order valence-electron chi connectivity index (χ3n) is 5.09. The number of rotatable bonds is 4. The first-order valence-corrected chi connectivity index (χ1v) is 10.0. The van der Waals surface area contributed by atoms with Crippen molar-refractivity contribution in [2.75, 3.05) is 44.2 Å². The number of carbonyl (C=O) groups excluding carboxylic acids is 1. The molecule has 3 heterocycles. The predicted octanol–water partition coefficient (Wildman–Crippen LogP) is 2.84. The molecule has 2 aromatic rings. The second-order valence-electron chi connectivity index (χ2n) is 6.84. The van der Waals surface area contributed by atoms with Crippen molar-refractivity contribution in [3.8, 4) is 0 Å². The minimum Gasteiger partial charge on any atom is -0.367 e. The van der Waals surface area contributed by atoms with Crippen molar-refractivity contribution in [3.63, 3.8) is 0 Å². The van der Waals surface area contributed by atoms with Gasteiger partial charge in [0.15, 0.2) is 0 Å². The van der Waals surface area contributed by atoms with Gasteiger partial charge in [-0.25, -0.2) is 9.37 Å². The monoisotopic (exact) mass is 374 g/mol. The van der Waals surface area contributed by atoms with Gasteiger partial charge in [-0.05, 0) is 25.0 Å². The smallest absolute Gasteiger partial charge is 0.273 e. The SMILES string of the molecule is O=C(c1csc(CN2CCN(c3ccccc3F)CC2)n1)N1CCCC1. The zero-order chi connectivity index (χ0) is 17.9. The quantitative estimate of drug-likeness (QED) is 0.825. The first-order chi connectivity index (χ1) is 12.7. The molecule has 2 aliphatic heterocycles. The van der Waals surface area contributed by atoms with E-state index in [9.17, 15) is 9.18 Å². The molecule has 5 nitrogen and oxygen atoms in total. The second kappa shape index (κ2) is 7.72. The van der Waals surface area contributed by atoms with Crippen molar-refractivity contribution >= 4 is 22.9 Å². The summed E-state index contributed by atoms with van der Waals surface area (Å²) >= 11 is 1.56. The summed E-state index contributed by atoms with van der Waals surface area (Å²) in [7, 11) is 0. The largest absolute Gasteiger partial charge is 0.367 e. The molecule has 0 N–H and O–H groups in total. The van der Waals surface area contributed by atoms with E-state index in [2.05, 4.69) is 14.8 Å². The van der Waals surface area contributed by atoms with E-state index in [1.165, 1.54) is 6.07 Å². The number of nitrogens with zero attached hydrogens (tertiary/aromatic N) is 4. The van der Waals surface area contributed by atoms with E-state index in [0.717, 1.165) is 63.7 Å². The molecular weight excluding hydrogens is 351 g/mol. The number of para-hydroxylation sites is 1. The van der Waals surface area contributed by atoms with Gasteiger partial charge in [0, 0.05) is 44.6 Å².